The highest BCUT2D eigenvalue weighted by Gasteiger charge is 2.21. The molecule has 2 aromatic rings. The number of rotatable bonds is 10. The topological polar surface area (TPSA) is 68.6 Å². The van der Waals surface area contributed by atoms with Crippen molar-refractivity contribution < 1.29 is 14.3 Å². The number of aryl methyl sites for hydroxylation is 1. The van der Waals surface area contributed by atoms with E-state index in [0.717, 1.165) is 49.7 Å². The van der Waals surface area contributed by atoms with Crippen LogP contribution in [0.25, 0.3) is 0 Å². The van der Waals surface area contributed by atoms with Crippen LogP contribution in [0.2, 0.25) is 0 Å². The van der Waals surface area contributed by atoms with E-state index in [2.05, 4.69) is 28.4 Å². The zero-order valence-electron chi connectivity index (χ0n) is 18.4. The van der Waals surface area contributed by atoms with E-state index in [1.165, 1.54) is 18.4 Å². The fraction of sp³-hybridized carbons (Fsp3) is 0.565. The zero-order valence-corrected chi connectivity index (χ0v) is 18.4. The van der Waals surface area contributed by atoms with Gasteiger partial charge in [-0.1, -0.05) is 0 Å². The minimum Gasteiger partial charge on any atom is -0.497 e. The molecular formula is C23H34N4O3. The quantitative estimate of drug-likeness (QED) is 0.646. The minimum absolute atomic E-state index is 0.0919. The molecule has 1 atom stereocenters. The van der Waals surface area contributed by atoms with Crippen LogP contribution in [0.4, 0.5) is 0 Å². The highest BCUT2D eigenvalue weighted by Crippen LogP contribution is 2.25. The largest absolute Gasteiger partial charge is 0.497 e. The summed E-state index contributed by atoms with van der Waals surface area (Å²) in [5.74, 6) is 2.13. The molecule has 1 fully saturated rings. The Morgan fingerprint density at radius 1 is 1.30 bits per heavy atom. The van der Waals surface area contributed by atoms with Crippen LogP contribution >= 0.6 is 0 Å². The fourth-order valence-electron chi connectivity index (χ4n) is 4.07. The summed E-state index contributed by atoms with van der Waals surface area (Å²) in [6.07, 6.45) is 7.97. The molecule has 1 aromatic carbocycles. The van der Waals surface area contributed by atoms with Gasteiger partial charge in [-0.2, -0.15) is 5.10 Å². The summed E-state index contributed by atoms with van der Waals surface area (Å²) in [6.45, 7) is 6.59. The number of carbonyl (C=O) groups excluding carboxylic acids is 1. The second-order valence-corrected chi connectivity index (χ2v) is 7.94. The molecule has 1 aromatic heterocycles. The Balaban J connectivity index is 1.42. The average Bonchev–Trinajstić information content (AvgIpc) is 3.23. The molecule has 3 rings (SSSR count). The van der Waals surface area contributed by atoms with Crippen LogP contribution in [0.3, 0.4) is 0 Å². The van der Waals surface area contributed by atoms with Crippen molar-refractivity contribution in [2.45, 2.75) is 52.2 Å². The number of hydrogen-bond acceptors (Lipinski definition) is 5. The van der Waals surface area contributed by atoms with Gasteiger partial charge in [-0.25, -0.2) is 0 Å². The highest BCUT2D eigenvalue weighted by molar-refractivity contribution is 5.75. The maximum Gasteiger partial charge on any atom is 0.220 e. The van der Waals surface area contributed by atoms with Crippen molar-refractivity contribution in [3.05, 3.63) is 41.7 Å². The molecular weight excluding hydrogens is 380 g/mol. The molecule has 1 amide bonds. The fourth-order valence-corrected chi connectivity index (χ4v) is 4.07. The molecule has 2 heterocycles. The summed E-state index contributed by atoms with van der Waals surface area (Å²) in [4.78, 5) is 14.9. The molecule has 0 unspecified atom stereocenters. The molecule has 30 heavy (non-hydrogen) atoms. The van der Waals surface area contributed by atoms with Crippen LogP contribution in [0, 0.1) is 5.92 Å². The Hall–Kier alpha value is -2.54. The van der Waals surface area contributed by atoms with Gasteiger partial charge in [0.2, 0.25) is 5.91 Å². The van der Waals surface area contributed by atoms with Crippen LogP contribution in [-0.2, 0) is 24.4 Å². The average molecular weight is 415 g/mol. The standard InChI is InChI=1S/C23H34N4O3/c1-4-27-17-19(13-25-27)16-26-11-5-6-18(15-26)7-10-23(28)24-14-20-8-9-21(29-2)12-22(20)30-3/h8-9,12-13,17-18H,4-7,10-11,14-16H2,1-3H3,(H,24,28)/t18-/m0/s1. The number of likely N-dealkylation sites (tertiary alicyclic amines) is 1. The lowest BCUT2D eigenvalue weighted by atomic mass is 9.93. The van der Waals surface area contributed by atoms with Gasteiger partial charge < -0.3 is 14.8 Å². The Morgan fingerprint density at radius 3 is 2.90 bits per heavy atom. The maximum absolute atomic E-state index is 12.4. The van der Waals surface area contributed by atoms with Crippen molar-refractivity contribution in [1.29, 1.82) is 0 Å². The van der Waals surface area contributed by atoms with Gasteiger partial charge in [0, 0.05) is 56.0 Å². The first-order valence-corrected chi connectivity index (χ1v) is 10.8. The van der Waals surface area contributed by atoms with Gasteiger partial charge in [-0.15, -0.1) is 0 Å². The van der Waals surface area contributed by atoms with Crippen molar-refractivity contribution in [2.75, 3.05) is 27.3 Å². The number of aromatic nitrogens is 2. The molecule has 164 valence electrons. The van der Waals surface area contributed by atoms with Crippen LogP contribution in [0.5, 0.6) is 11.5 Å². The van der Waals surface area contributed by atoms with E-state index in [4.69, 9.17) is 9.47 Å². The third kappa shape index (κ3) is 6.23. The molecule has 7 heteroatoms. The summed E-state index contributed by atoms with van der Waals surface area (Å²) in [7, 11) is 3.25. The number of nitrogens with one attached hydrogen (secondary N) is 1. The van der Waals surface area contributed by atoms with E-state index < -0.39 is 0 Å². The van der Waals surface area contributed by atoms with Gasteiger partial charge in [-0.05, 0) is 50.8 Å². The van der Waals surface area contributed by atoms with Crippen LogP contribution in [0.15, 0.2) is 30.6 Å². The predicted octanol–water partition coefficient (Wildman–Crippen LogP) is 3.23. The molecule has 1 aliphatic heterocycles. The molecule has 0 spiro atoms. The molecule has 7 nitrogen and oxygen atoms in total. The number of benzene rings is 1. The second-order valence-electron chi connectivity index (χ2n) is 7.94. The number of piperidine rings is 1. The maximum atomic E-state index is 12.4. The summed E-state index contributed by atoms with van der Waals surface area (Å²) >= 11 is 0. The lowest BCUT2D eigenvalue weighted by Crippen LogP contribution is -2.35. The van der Waals surface area contributed by atoms with Crippen molar-refractivity contribution in [2.24, 2.45) is 5.92 Å². The van der Waals surface area contributed by atoms with Crippen molar-refractivity contribution in [1.82, 2.24) is 20.0 Å². The first-order chi connectivity index (χ1) is 14.6. The Labute approximate surface area is 179 Å². The molecule has 0 aliphatic carbocycles. The smallest absolute Gasteiger partial charge is 0.220 e. The van der Waals surface area contributed by atoms with Gasteiger partial charge in [0.05, 0.1) is 20.4 Å². The summed E-state index contributed by atoms with van der Waals surface area (Å²) in [5.41, 5.74) is 2.21. The number of nitrogens with zero attached hydrogens (tertiary/aromatic N) is 3. The van der Waals surface area contributed by atoms with Gasteiger partial charge in [0.1, 0.15) is 11.5 Å². The van der Waals surface area contributed by atoms with Crippen molar-refractivity contribution in [3.8, 4) is 11.5 Å². The van der Waals surface area contributed by atoms with E-state index in [1.54, 1.807) is 14.2 Å². The van der Waals surface area contributed by atoms with E-state index in [1.807, 2.05) is 29.1 Å². The SMILES string of the molecule is CCn1cc(CN2CCC[C@@H](CCC(=O)NCc3ccc(OC)cc3OC)C2)cn1. The first kappa shape index (κ1) is 22.2. The van der Waals surface area contributed by atoms with Crippen molar-refractivity contribution >= 4 is 5.91 Å². The monoisotopic (exact) mass is 414 g/mol. The van der Waals surface area contributed by atoms with Gasteiger partial charge in [0.15, 0.2) is 0 Å². The number of carbonyl (C=O) groups is 1. The third-order valence-electron chi connectivity index (χ3n) is 5.77. The summed E-state index contributed by atoms with van der Waals surface area (Å²) in [6, 6.07) is 5.64. The second kappa shape index (κ2) is 11.0. The van der Waals surface area contributed by atoms with Crippen LogP contribution < -0.4 is 14.8 Å². The summed E-state index contributed by atoms with van der Waals surface area (Å²) in [5, 5.41) is 7.39. The predicted molar refractivity (Wildman–Crippen MR) is 117 cm³/mol. The Morgan fingerprint density at radius 2 is 2.17 bits per heavy atom. The molecule has 1 aliphatic rings. The normalized spacial score (nSPS) is 17.0. The van der Waals surface area contributed by atoms with E-state index in [0.29, 0.717) is 18.9 Å². The van der Waals surface area contributed by atoms with Crippen LogP contribution in [-0.4, -0.2) is 47.9 Å². The lowest BCUT2D eigenvalue weighted by Gasteiger charge is -2.32. The lowest BCUT2D eigenvalue weighted by molar-refractivity contribution is -0.121. The first-order valence-electron chi connectivity index (χ1n) is 10.8. The number of hydrogen-bond donors (Lipinski definition) is 1. The molecule has 1 N–H and O–H groups in total. The van der Waals surface area contributed by atoms with Gasteiger partial charge >= 0.3 is 0 Å². The third-order valence-corrected chi connectivity index (χ3v) is 5.77. The van der Waals surface area contributed by atoms with Gasteiger partial charge in [0.25, 0.3) is 0 Å². The Kier molecular flexibility index (Phi) is 8.13. The minimum atomic E-state index is 0.0919. The highest BCUT2D eigenvalue weighted by atomic mass is 16.5. The molecule has 0 bridgehead atoms. The Bertz CT molecular complexity index is 821. The van der Waals surface area contributed by atoms with Crippen LogP contribution in [0.1, 0.15) is 43.7 Å². The van der Waals surface area contributed by atoms with Gasteiger partial charge in [-0.3, -0.25) is 14.4 Å². The molecule has 0 saturated carbocycles. The number of ether oxygens (including phenoxy) is 2. The number of methoxy groups -OCH3 is 2. The molecule has 1 saturated heterocycles. The molecule has 0 radical (unpaired) electrons. The summed E-state index contributed by atoms with van der Waals surface area (Å²) < 4.78 is 12.6. The zero-order chi connectivity index (χ0) is 21.3. The van der Waals surface area contributed by atoms with E-state index in [-0.39, 0.29) is 5.91 Å². The van der Waals surface area contributed by atoms with E-state index in [9.17, 15) is 4.79 Å². The van der Waals surface area contributed by atoms with E-state index >= 15 is 0 Å². The van der Waals surface area contributed by atoms with Crippen molar-refractivity contribution in [3.63, 3.8) is 0 Å². The number of amides is 1.